The highest BCUT2D eigenvalue weighted by molar-refractivity contribution is 7.47. The zero-order chi connectivity index (χ0) is 67.9. The summed E-state index contributed by atoms with van der Waals surface area (Å²) in [4.78, 5) is 72.7. The van der Waals surface area contributed by atoms with E-state index in [9.17, 15) is 43.2 Å². The Balaban J connectivity index is 5.30. The summed E-state index contributed by atoms with van der Waals surface area (Å²) in [5.41, 5.74) is 0. The topological polar surface area (TPSA) is 237 Å². The molecule has 542 valence electrons. The van der Waals surface area contributed by atoms with Crippen LogP contribution in [0.2, 0.25) is 0 Å². The Kier molecular flexibility index (Phi) is 62.8. The summed E-state index contributed by atoms with van der Waals surface area (Å²) in [6.07, 6.45) is 53.4. The molecule has 0 saturated heterocycles. The fraction of sp³-hybridized carbons (Fsp3) is 0.890. The highest BCUT2D eigenvalue weighted by atomic mass is 31.2. The lowest BCUT2D eigenvalue weighted by atomic mass is 9.99. The van der Waals surface area contributed by atoms with Crippen LogP contribution in [-0.2, 0) is 65.4 Å². The quantitative estimate of drug-likeness (QED) is 0.0169. The molecule has 0 aliphatic heterocycles. The van der Waals surface area contributed by atoms with E-state index in [0.29, 0.717) is 25.7 Å². The largest absolute Gasteiger partial charge is 0.472 e. The number of ether oxygens (including phenoxy) is 4. The Morgan fingerprint density at radius 1 is 0.359 bits per heavy atom. The fourth-order valence-corrected chi connectivity index (χ4v) is 12.1. The molecule has 92 heavy (non-hydrogen) atoms. The van der Waals surface area contributed by atoms with E-state index in [1.165, 1.54) is 154 Å². The van der Waals surface area contributed by atoms with Crippen molar-refractivity contribution in [2.45, 2.75) is 368 Å². The molecule has 0 aliphatic carbocycles. The van der Waals surface area contributed by atoms with E-state index in [2.05, 4.69) is 65.8 Å². The van der Waals surface area contributed by atoms with Gasteiger partial charge in [0, 0.05) is 25.7 Å². The molecule has 3 unspecified atom stereocenters. The minimum Gasteiger partial charge on any atom is -0.462 e. The third-order valence-electron chi connectivity index (χ3n) is 16.7. The van der Waals surface area contributed by atoms with Crippen LogP contribution in [0.25, 0.3) is 0 Å². The van der Waals surface area contributed by atoms with Gasteiger partial charge in [0.25, 0.3) is 0 Å². The number of allylic oxidation sites excluding steroid dienone is 4. The second-order valence-electron chi connectivity index (χ2n) is 26.4. The normalized spacial score (nSPS) is 14.5. The summed E-state index contributed by atoms with van der Waals surface area (Å²) in [7, 11) is -9.92. The molecule has 0 saturated carbocycles. The molecule has 3 N–H and O–H groups in total. The van der Waals surface area contributed by atoms with Gasteiger partial charge in [0.15, 0.2) is 12.2 Å². The lowest BCUT2D eigenvalue weighted by Crippen LogP contribution is -2.30. The van der Waals surface area contributed by atoms with Gasteiger partial charge in [-0.25, -0.2) is 9.13 Å². The number of rotatable bonds is 70. The smallest absolute Gasteiger partial charge is 0.462 e. The number of hydrogen-bond acceptors (Lipinski definition) is 15. The van der Waals surface area contributed by atoms with E-state index in [-0.39, 0.29) is 25.7 Å². The van der Waals surface area contributed by atoms with Gasteiger partial charge < -0.3 is 33.8 Å². The van der Waals surface area contributed by atoms with E-state index in [0.717, 1.165) is 115 Å². The molecule has 0 bridgehead atoms. The predicted octanol–water partition coefficient (Wildman–Crippen LogP) is 20.7. The summed E-state index contributed by atoms with van der Waals surface area (Å²) in [6, 6.07) is 0. The first kappa shape index (κ1) is 89.5. The minimum atomic E-state index is -4.96. The predicted molar refractivity (Wildman–Crippen MR) is 372 cm³/mol. The number of aliphatic hydroxyl groups excluding tert-OH is 1. The van der Waals surface area contributed by atoms with Gasteiger partial charge in [-0.3, -0.25) is 37.3 Å². The SMILES string of the molecule is CCCCCC/C=C\C=C/CCCCCCCC(=O)O[C@H](COC(=O)CCCCCCCCCCCCC(C)CC)COP(=O)(O)OC[C@@H](O)COP(=O)(O)OC[C@@H](COC(=O)CCCCCCCCCCCCC)OC(=O)CCCCCCCCCCCC(C)C. The van der Waals surface area contributed by atoms with Crippen LogP contribution in [-0.4, -0.2) is 96.7 Å². The molecule has 0 aromatic heterocycles. The van der Waals surface area contributed by atoms with Crippen molar-refractivity contribution in [3.63, 3.8) is 0 Å². The summed E-state index contributed by atoms with van der Waals surface area (Å²) in [5.74, 6) is -0.609. The monoisotopic (exact) mass is 1350 g/mol. The molecule has 0 rings (SSSR count). The van der Waals surface area contributed by atoms with Crippen molar-refractivity contribution in [2.24, 2.45) is 11.8 Å². The van der Waals surface area contributed by atoms with E-state index >= 15 is 0 Å². The molecule has 0 radical (unpaired) electrons. The number of phosphoric acid groups is 2. The van der Waals surface area contributed by atoms with Gasteiger partial charge in [-0.1, -0.05) is 297 Å². The summed E-state index contributed by atoms with van der Waals surface area (Å²) < 4.78 is 68.4. The number of unbranched alkanes of at least 4 members (excludes halogenated alkanes) is 36. The maximum atomic E-state index is 13.0. The molecule has 0 aromatic carbocycles. The van der Waals surface area contributed by atoms with Crippen LogP contribution in [0.3, 0.4) is 0 Å². The lowest BCUT2D eigenvalue weighted by molar-refractivity contribution is -0.161. The van der Waals surface area contributed by atoms with Gasteiger partial charge in [-0.05, 0) is 63.2 Å². The third-order valence-corrected chi connectivity index (χ3v) is 18.6. The molecular weight excluding hydrogens is 1210 g/mol. The Bertz CT molecular complexity index is 1880. The van der Waals surface area contributed by atoms with Crippen molar-refractivity contribution in [3.8, 4) is 0 Å². The Hall–Kier alpha value is -2.46. The van der Waals surface area contributed by atoms with Gasteiger partial charge in [-0.15, -0.1) is 0 Å². The number of hydrogen-bond donors (Lipinski definition) is 3. The molecule has 6 atom stereocenters. The van der Waals surface area contributed by atoms with Crippen molar-refractivity contribution < 1.29 is 80.2 Å². The summed E-state index contributed by atoms with van der Waals surface area (Å²) >= 11 is 0. The van der Waals surface area contributed by atoms with Gasteiger partial charge in [0.2, 0.25) is 0 Å². The zero-order valence-corrected chi connectivity index (χ0v) is 61.1. The van der Waals surface area contributed by atoms with E-state index in [1.807, 2.05) is 0 Å². The van der Waals surface area contributed by atoms with Crippen molar-refractivity contribution >= 4 is 39.5 Å². The highest BCUT2D eigenvalue weighted by Crippen LogP contribution is 2.45. The molecule has 0 spiro atoms. The van der Waals surface area contributed by atoms with Gasteiger partial charge >= 0.3 is 39.5 Å². The van der Waals surface area contributed by atoms with Gasteiger partial charge in [0.1, 0.15) is 19.3 Å². The molecule has 0 fully saturated rings. The first-order valence-corrected chi connectivity index (χ1v) is 40.3. The van der Waals surface area contributed by atoms with Crippen LogP contribution in [0.4, 0.5) is 0 Å². The minimum absolute atomic E-state index is 0.0848. The van der Waals surface area contributed by atoms with Crippen molar-refractivity contribution in [1.29, 1.82) is 0 Å². The van der Waals surface area contributed by atoms with Crippen molar-refractivity contribution in [2.75, 3.05) is 39.6 Å². The molecule has 17 nitrogen and oxygen atoms in total. The molecule has 19 heteroatoms. The number of esters is 4. The molecular formula is C73H138O17P2. The number of carbonyl (C=O) groups excluding carboxylic acids is 4. The van der Waals surface area contributed by atoms with Gasteiger partial charge in [0.05, 0.1) is 26.4 Å². The molecule has 0 amide bonds. The molecule has 0 aliphatic rings. The molecule has 0 heterocycles. The standard InChI is InChI=1S/C73H138O17P2/c1-7-10-12-14-16-18-20-21-22-23-25-33-39-45-51-57-72(77)89-68(61-84-71(76)56-50-44-38-32-27-26-30-36-42-48-54-66(6)9-3)63-87-91(79,80)85-59-67(74)60-86-92(81,82)88-64-69(62-83-70(75)55-49-43-37-31-24-19-17-15-13-11-8-2)90-73(78)58-52-46-40-34-28-29-35-41-47-53-65(4)5/h18,20-22,65-69,74H,7-17,19,23-64H2,1-6H3,(H,79,80)(H,81,82)/b20-18-,22-21-/t66?,67-,68-,69-/m1/s1. The highest BCUT2D eigenvalue weighted by Gasteiger charge is 2.30. The van der Waals surface area contributed by atoms with Crippen molar-refractivity contribution in [3.05, 3.63) is 24.3 Å². The molecule has 0 aromatic rings. The van der Waals surface area contributed by atoms with E-state index < -0.39 is 97.5 Å². The third kappa shape index (κ3) is 64.9. The van der Waals surface area contributed by atoms with Crippen LogP contribution in [0, 0.1) is 11.8 Å². The van der Waals surface area contributed by atoms with Crippen molar-refractivity contribution in [1.82, 2.24) is 0 Å². The van der Waals surface area contributed by atoms with Gasteiger partial charge in [-0.2, -0.15) is 0 Å². The van der Waals surface area contributed by atoms with E-state index in [4.69, 9.17) is 37.0 Å². The maximum absolute atomic E-state index is 13.0. The average Bonchev–Trinajstić information content (AvgIpc) is 3.49. The Morgan fingerprint density at radius 2 is 0.641 bits per heavy atom. The van der Waals surface area contributed by atoms with Crippen LogP contribution in [0.1, 0.15) is 350 Å². The Morgan fingerprint density at radius 3 is 0.978 bits per heavy atom. The second kappa shape index (κ2) is 64.5. The fourth-order valence-electron chi connectivity index (χ4n) is 10.5. The summed E-state index contributed by atoms with van der Waals surface area (Å²) in [6.45, 7) is 9.50. The van der Waals surface area contributed by atoms with Crippen LogP contribution >= 0.6 is 15.6 Å². The number of aliphatic hydroxyl groups is 1. The maximum Gasteiger partial charge on any atom is 0.472 e. The zero-order valence-electron chi connectivity index (χ0n) is 59.3. The Labute approximate surface area is 561 Å². The average molecular weight is 1350 g/mol. The first-order valence-electron chi connectivity index (χ1n) is 37.3. The number of phosphoric ester groups is 2. The van der Waals surface area contributed by atoms with Crippen LogP contribution in [0.5, 0.6) is 0 Å². The van der Waals surface area contributed by atoms with E-state index in [1.54, 1.807) is 0 Å². The van der Waals surface area contributed by atoms with Crippen LogP contribution < -0.4 is 0 Å². The lowest BCUT2D eigenvalue weighted by Gasteiger charge is -2.21. The summed E-state index contributed by atoms with van der Waals surface area (Å²) in [5, 5.41) is 10.6. The first-order chi connectivity index (χ1) is 44.4. The second-order valence-corrected chi connectivity index (χ2v) is 29.3. The van der Waals surface area contributed by atoms with Crippen LogP contribution in [0.15, 0.2) is 24.3 Å². The number of carbonyl (C=O) groups is 4.